The largest absolute Gasteiger partial charge is 0.387 e. The first-order valence-corrected chi connectivity index (χ1v) is 9.54. The van der Waals surface area contributed by atoms with Gasteiger partial charge in [0.15, 0.2) is 0 Å². The highest BCUT2D eigenvalue weighted by Crippen LogP contribution is 2.59. The number of nitrogens with zero attached hydrogens (tertiary/aromatic N) is 2. The molecule has 0 spiro atoms. The minimum absolute atomic E-state index is 0.273. The molecule has 1 aliphatic carbocycles. The fraction of sp³-hybridized carbons (Fsp3) is 0.409. The highest BCUT2D eigenvalue weighted by molar-refractivity contribution is 5.73. The molecule has 1 fully saturated rings. The van der Waals surface area contributed by atoms with Crippen LogP contribution in [0.4, 0.5) is 10.1 Å². The Kier molecular flexibility index (Phi) is 3.17. The standard InChI is InChI=1S/C22H24FN3O/c1-20(2)22(27)9-5-8-21(22,3)15-12-14(16(23)13-17(15)25-20)18-6-4-7-19-24-10-11-26(18)19/h4,6-7,10-13,25,27H,5,8-9H2,1-3H3. The Morgan fingerprint density at radius 2 is 2.00 bits per heavy atom. The molecule has 2 atom stereocenters. The van der Waals surface area contributed by atoms with Gasteiger partial charge in [0.25, 0.3) is 0 Å². The molecule has 140 valence electrons. The van der Waals surface area contributed by atoms with Crippen molar-refractivity contribution in [3.05, 3.63) is 54.1 Å². The number of hydrogen-bond donors (Lipinski definition) is 2. The summed E-state index contributed by atoms with van der Waals surface area (Å²) in [5.41, 5.74) is 2.06. The third-order valence-electron chi connectivity index (χ3n) is 7.02. The maximum absolute atomic E-state index is 15.2. The van der Waals surface area contributed by atoms with E-state index in [2.05, 4.69) is 17.2 Å². The number of rotatable bonds is 1. The van der Waals surface area contributed by atoms with Crippen LogP contribution in [-0.2, 0) is 5.41 Å². The second kappa shape index (κ2) is 5.10. The maximum Gasteiger partial charge on any atom is 0.137 e. The van der Waals surface area contributed by atoms with Gasteiger partial charge in [0.05, 0.1) is 16.8 Å². The van der Waals surface area contributed by atoms with E-state index in [1.165, 1.54) is 0 Å². The Hall–Kier alpha value is -2.40. The van der Waals surface area contributed by atoms with Gasteiger partial charge in [-0.1, -0.05) is 13.0 Å². The molecule has 0 bridgehead atoms. The summed E-state index contributed by atoms with van der Waals surface area (Å²) in [5.74, 6) is -0.273. The van der Waals surface area contributed by atoms with Crippen molar-refractivity contribution < 1.29 is 9.50 Å². The molecular weight excluding hydrogens is 341 g/mol. The predicted molar refractivity (Wildman–Crippen MR) is 104 cm³/mol. The van der Waals surface area contributed by atoms with Gasteiger partial charge in [-0.3, -0.25) is 4.40 Å². The SMILES string of the molecule is CC1(C)Nc2cc(F)c(-c3cccc4nccn34)cc2C2(C)CCCC12O. The summed E-state index contributed by atoms with van der Waals surface area (Å²) in [6.45, 7) is 6.15. The Balaban J connectivity index is 1.78. The average Bonchev–Trinajstić information content (AvgIpc) is 3.20. The van der Waals surface area contributed by atoms with Gasteiger partial charge >= 0.3 is 0 Å². The number of fused-ring (bicyclic) bond motifs is 4. The van der Waals surface area contributed by atoms with Crippen molar-refractivity contribution in [3.63, 3.8) is 0 Å². The molecule has 2 unspecified atom stereocenters. The van der Waals surface area contributed by atoms with E-state index in [0.29, 0.717) is 5.56 Å². The summed E-state index contributed by atoms with van der Waals surface area (Å²) in [7, 11) is 0. The second-order valence-electron chi connectivity index (χ2n) is 8.74. The molecule has 0 saturated heterocycles. The monoisotopic (exact) mass is 365 g/mol. The molecule has 3 aromatic rings. The number of anilines is 1. The van der Waals surface area contributed by atoms with Crippen LogP contribution in [0.2, 0.25) is 0 Å². The summed E-state index contributed by atoms with van der Waals surface area (Å²) >= 11 is 0. The van der Waals surface area contributed by atoms with Crippen molar-refractivity contribution in [3.8, 4) is 11.3 Å². The average molecular weight is 365 g/mol. The van der Waals surface area contributed by atoms with E-state index in [-0.39, 0.29) is 5.82 Å². The smallest absolute Gasteiger partial charge is 0.137 e. The van der Waals surface area contributed by atoms with E-state index in [0.717, 1.165) is 41.9 Å². The molecule has 0 amide bonds. The van der Waals surface area contributed by atoms with Crippen molar-refractivity contribution in [2.45, 2.75) is 56.6 Å². The molecule has 1 saturated carbocycles. The molecule has 3 heterocycles. The van der Waals surface area contributed by atoms with Crippen LogP contribution in [0.3, 0.4) is 0 Å². The Labute approximate surface area is 158 Å². The van der Waals surface area contributed by atoms with Crippen LogP contribution in [-0.4, -0.2) is 25.6 Å². The number of hydrogen-bond acceptors (Lipinski definition) is 3. The number of aliphatic hydroxyl groups is 1. The van der Waals surface area contributed by atoms with E-state index in [1.54, 1.807) is 12.3 Å². The van der Waals surface area contributed by atoms with Crippen molar-refractivity contribution >= 4 is 11.3 Å². The third kappa shape index (κ3) is 1.98. The van der Waals surface area contributed by atoms with Crippen molar-refractivity contribution in [2.24, 2.45) is 0 Å². The first-order valence-electron chi connectivity index (χ1n) is 9.54. The summed E-state index contributed by atoms with van der Waals surface area (Å²) < 4.78 is 17.1. The van der Waals surface area contributed by atoms with Crippen LogP contribution in [0.1, 0.15) is 45.6 Å². The van der Waals surface area contributed by atoms with Crippen LogP contribution in [0, 0.1) is 5.82 Å². The highest BCUT2D eigenvalue weighted by Gasteiger charge is 2.62. The first-order chi connectivity index (χ1) is 12.8. The molecule has 27 heavy (non-hydrogen) atoms. The number of nitrogens with one attached hydrogen (secondary N) is 1. The Morgan fingerprint density at radius 3 is 2.81 bits per heavy atom. The molecule has 1 aromatic carbocycles. The van der Waals surface area contributed by atoms with Gasteiger partial charge in [0.2, 0.25) is 0 Å². The van der Waals surface area contributed by atoms with Crippen molar-refractivity contribution in [1.29, 1.82) is 0 Å². The molecular formula is C22H24FN3O. The molecule has 2 aliphatic rings. The van der Waals surface area contributed by atoms with E-state index < -0.39 is 16.6 Å². The quantitative estimate of drug-likeness (QED) is 0.667. The van der Waals surface area contributed by atoms with Gasteiger partial charge < -0.3 is 10.4 Å². The normalized spacial score (nSPS) is 28.6. The van der Waals surface area contributed by atoms with Crippen LogP contribution in [0.25, 0.3) is 16.9 Å². The van der Waals surface area contributed by atoms with Gasteiger partial charge in [-0.25, -0.2) is 9.37 Å². The number of imidazole rings is 1. The van der Waals surface area contributed by atoms with Crippen molar-refractivity contribution in [2.75, 3.05) is 5.32 Å². The zero-order chi connectivity index (χ0) is 19.0. The van der Waals surface area contributed by atoms with Crippen molar-refractivity contribution in [1.82, 2.24) is 9.38 Å². The van der Waals surface area contributed by atoms with Gasteiger partial charge in [0.1, 0.15) is 11.5 Å². The summed E-state index contributed by atoms with van der Waals surface area (Å²) in [4.78, 5) is 4.31. The van der Waals surface area contributed by atoms with Gasteiger partial charge in [0, 0.05) is 29.1 Å². The summed E-state index contributed by atoms with van der Waals surface area (Å²) in [6, 6.07) is 9.22. The van der Waals surface area contributed by atoms with Crippen LogP contribution in [0.15, 0.2) is 42.7 Å². The molecule has 5 rings (SSSR count). The van der Waals surface area contributed by atoms with Crippen LogP contribution >= 0.6 is 0 Å². The number of pyridine rings is 1. The fourth-order valence-electron chi connectivity index (χ4n) is 5.48. The lowest BCUT2D eigenvalue weighted by Crippen LogP contribution is -2.65. The van der Waals surface area contributed by atoms with E-state index in [4.69, 9.17) is 0 Å². The van der Waals surface area contributed by atoms with Gasteiger partial charge in [-0.2, -0.15) is 0 Å². The summed E-state index contributed by atoms with van der Waals surface area (Å²) in [6.07, 6.45) is 6.16. The van der Waals surface area contributed by atoms with Gasteiger partial charge in [-0.05, 0) is 62.9 Å². The first kappa shape index (κ1) is 16.8. The minimum atomic E-state index is -0.872. The lowest BCUT2D eigenvalue weighted by Gasteiger charge is -2.55. The van der Waals surface area contributed by atoms with Crippen LogP contribution in [0.5, 0.6) is 0 Å². The minimum Gasteiger partial charge on any atom is -0.387 e. The van der Waals surface area contributed by atoms with E-state index >= 15 is 4.39 Å². The van der Waals surface area contributed by atoms with Crippen LogP contribution < -0.4 is 5.32 Å². The Bertz CT molecular complexity index is 1070. The fourth-order valence-corrected chi connectivity index (χ4v) is 5.48. The lowest BCUT2D eigenvalue weighted by molar-refractivity contribution is -0.0628. The Morgan fingerprint density at radius 1 is 1.19 bits per heavy atom. The van der Waals surface area contributed by atoms with Gasteiger partial charge in [-0.15, -0.1) is 0 Å². The molecule has 1 aliphatic heterocycles. The van der Waals surface area contributed by atoms with E-state index in [9.17, 15) is 5.11 Å². The maximum atomic E-state index is 15.2. The predicted octanol–water partition coefficient (Wildman–Crippen LogP) is 4.52. The molecule has 0 radical (unpaired) electrons. The lowest BCUT2D eigenvalue weighted by atomic mass is 9.60. The molecule has 2 N–H and O–H groups in total. The highest BCUT2D eigenvalue weighted by atomic mass is 19.1. The number of halogens is 1. The molecule has 4 nitrogen and oxygen atoms in total. The summed E-state index contributed by atoms with van der Waals surface area (Å²) in [5, 5.41) is 15.1. The zero-order valence-corrected chi connectivity index (χ0v) is 15.9. The van der Waals surface area contributed by atoms with E-state index in [1.807, 2.05) is 48.7 Å². The molecule has 5 heteroatoms. The third-order valence-corrected chi connectivity index (χ3v) is 7.02. The zero-order valence-electron chi connectivity index (χ0n) is 15.9. The number of aromatic nitrogens is 2. The number of benzene rings is 1. The molecule has 2 aromatic heterocycles. The second-order valence-corrected chi connectivity index (χ2v) is 8.74. The topological polar surface area (TPSA) is 49.6 Å².